The van der Waals surface area contributed by atoms with Crippen molar-refractivity contribution in [1.29, 1.82) is 0 Å². The van der Waals surface area contributed by atoms with E-state index >= 15 is 0 Å². The molecule has 1 saturated heterocycles. The molecule has 0 bridgehead atoms. The molecular weight excluding hydrogens is 238 g/mol. The Labute approximate surface area is 102 Å². The van der Waals surface area contributed by atoms with Crippen LogP contribution in [0.3, 0.4) is 0 Å². The van der Waals surface area contributed by atoms with Gasteiger partial charge in [0.2, 0.25) is 10.0 Å². The maximum atomic E-state index is 11.2. The summed E-state index contributed by atoms with van der Waals surface area (Å²) in [4.78, 5) is 6.40. The van der Waals surface area contributed by atoms with Crippen molar-refractivity contribution in [3.05, 3.63) is 23.9 Å². The summed E-state index contributed by atoms with van der Waals surface area (Å²) >= 11 is 0. The van der Waals surface area contributed by atoms with E-state index in [-0.39, 0.29) is 0 Å². The molecule has 6 heteroatoms. The third kappa shape index (κ3) is 2.95. The second kappa shape index (κ2) is 4.62. The number of nitrogens with two attached hydrogens (primary N) is 1. The molecule has 0 amide bonds. The van der Waals surface area contributed by atoms with Crippen molar-refractivity contribution in [1.82, 2.24) is 4.98 Å². The third-order valence-corrected chi connectivity index (χ3v) is 4.53. The van der Waals surface area contributed by atoms with Crippen molar-refractivity contribution in [2.45, 2.75) is 25.0 Å². The fourth-order valence-electron chi connectivity index (χ4n) is 2.11. The van der Waals surface area contributed by atoms with Crippen LogP contribution < -0.4 is 10.0 Å². The number of sulfonamides is 1. The lowest BCUT2D eigenvalue weighted by molar-refractivity contribution is 0.529. The van der Waals surface area contributed by atoms with E-state index in [0.717, 1.165) is 11.4 Å². The van der Waals surface area contributed by atoms with Gasteiger partial charge in [-0.2, -0.15) is 0 Å². The van der Waals surface area contributed by atoms with E-state index in [1.54, 1.807) is 6.20 Å². The fraction of sp³-hybridized carbons (Fsp3) is 0.545. The Kier molecular flexibility index (Phi) is 3.35. The Balaban J connectivity index is 2.05. The van der Waals surface area contributed by atoms with Gasteiger partial charge in [-0.05, 0) is 37.5 Å². The maximum Gasteiger partial charge on any atom is 0.212 e. The van der Waals surface area contributed by atoms with Crippen molar-refractivity contribution in [2.75, 3.05) is 18.0 Å². The highest BCUT2D eigenvalue weighted by Crippen LogP contribution is 2.21. The predicted molar refractivity (Wildman–Crippen MR) is 67.3 cm³/mol. The number of piperidine rings is 1. The van der Waals surface area contributed by atoms with Crippen LogP contribution in [-0.2, 0) is 10.0 Å². The highest BCUT2D eigenvalue weighted by molar-refractivity contribution is 7.89. The summed E-state index contributed by atoms with van der Waals surface area (Å²) in [7, 11) is -3.39. The first-order valence-electron chi connectivity index (χ1n) is 5.66. The molecule has 0 radical (unpaired) electrons. The second-order valence-electron chi connectivity index (χ2n) is 4.47. The summed E-state index contributed by atoms with van der Waals surface area (Å²) < 4.78 is 22.5. The van der Waals surface area contributed by atoms with Crippen molar-refractivity contribution in [3.8, 4) is 0 Å². The molecule has 5 nitrogen and oxygen atoms in total. The van der Waals surface area contributed by atoms with E-state index in [9.17, 15) is 8.42 Å². The lowest BCUT2D eigenvalue weighted by Gasteiger charge is -2.31. The minimum Gasteiger partial charge on any atom is -0.357 e. The Morgan fingerprint density at radius 3 is 2.59 bits per heavy atom. The van der Waals surface area contributed by atoms with Gasteiger partial charge in [0.25, 0.3) is 0 Å². The lowest BCUT2D eigenvalue weighted by atomic mass is 10.1. The van der Waals surface area contributed by atoms with E-state index in [1.165, 1.54) is 0 Å². The molecule has 0 unspecified atom stereocenters. The fourth-order valence-corrected chi connectivity index (χ4v) is 2.97. The van der Waals surface area contributed by atoms with Gasteiger partial charge in [-0.25, -0.2) is 18.5 Å². The van der Waals surface area contributed by atoms with Crippen LogP contribution in [-0.4, -0.2) is 31.7 Å². The summed E-state index contributed by atoms with van der Waals surface area (Å²) in [6.07, 6.45) is 2.93. The molecule has 1 fully saturated rings. The van der Waals surface area contributed by atoms with Crippen LogP contribution in [0, 0.1) is 6.92 Å². The Morgan fingerprint density at radius 2 is 2.06 bits per heavy atom. The Bertz CT molecular complexity index is 493. The SMILES string of the molecule is Cc1ccnc(N2CCC(S(N)(=O)=O)CC2)c1. The van der Waals surface area contributed by atoms with Gasteiger partial charge in [0.1, 0.15) is 5.82 Å². The molecule has 0 saturated carbocycles. The largest absolute Gasteiger partial charge is 0.357 e. The van der Waals surface area contributed by atoms with Gasteiger partial charge in [0.15, 0.2) is 0 Å². The zero-order valence-electron chi connectivity index (χ0n) is 9.83. The first-order chi connectivity index (χ1) is 7.97. The molecule has 94 valence electrons. The normalized spacial score (nSPS) is 18.4. The maximum absolute atomic E-state index is 11.2. The van der Waals surface area contributed by atoms with Gasteiger partial charge < -0.3 is 4.90 Å². The van der Waals surface area contributed by atoms with E-state index in [0.29, 0.717) is 25.9 Å². The first-order valence-corrected chi connectivity index (χ1v) is 7.27. The number of hydrogen-bond donors (Lipinski definition) is 1. The van der Waals surface area contributed by atoms with Crippen molar-refractivity contribution >= 4 is 15.8 Å². The van der Waals surface area contributed by atoms with Gasteiger partial charge in [-0.1, -0.05) is 0 Å². The molecular formula is C11H17N3O2S. The average Bonchev–Trinajstić information content (AvgIpc) is 2.28. The van der Waals surface area contributed by atoms with Gasteiger partial charge in [-0.3, -0.25) is 0 Å². The van der Waals surface area contributed by atoms with E-state index < -0.39 is 15.3 Å². The molecule has 1 aromatic rings. The second-order valence-corrected chi connectivity index (χ2v) is 6.31. The van der Waals surface area contributed by atoms with Crippen LogP contribution in [0.5, 0.6) is 0 Å². The smallest absolute Gasteiger partial charge is 0.212 e. The van der Waals surface area contributed by atoms with Crippen LogP contribution >= 0.6 is 0 Å². The van der Waals surface area contributed by atoms with Crippen LogP contribution in [0.15, 0.2) is 18.3 Å². The molecule has 2 N–H and O–H groups in total. The molecule has 0 atom stereocenters. The van der Waals surface area contributed by atoms with Crippen LogP contribution in [0.4, 0.5) is 5.82 Å². The number of aryl methyl sites for hydroxylation is 1. The number of hydrogen-bond acceptors (Lipinski definition) is 4. The van der Waals surface area contributed by atoms with Crippen molar-refractivity contribution in [3.63, 3.8) is 0 Å². The zero-order valence-corrected chi connectivity index (χ0v) is 10.7. The third-order valence-electron chi connectivity index (χ3n) is 3.13. The number of rotatable bonds is 2. The standard InChI is InChI=1S/C11H17N3O2S/c1-9-2-5-13-11(8-9)14-6-3-10(4-7-14)17(12,15)16/h2,5,8,10H,3-4,6-7H2,1H3,(H2,12,15,16). The summed E-state index contributed by atoms with van der Waals surface area (Å²) in [5.74, 6) is 0.915. The molecule has 2 heterocycles. The lowest BCUT2D eigenvalue weighted by Crippen LogP contribution is -2.41. The minimum absolute atomic E-state index is 0.399. The molecule has 0 aromatic carbocycles. The average molecular weight is 255 g/mol. The number of aromatic nitrogens is 1. The van der Waals surface area contributed by atoms with Crippen molar-refractivity contribution < 1.29 is 8.42 Å². The molecule has 0 aliphatic carbocycles. The Hall–Kier alpha value is -1.14. The van der Waals surface area contributed by atoms with Crippen LogP contribution in [0.2, 0.25) is 0 Å². The van der Waals surface area contributed by atoms with Gasteiger partial charge >= 0.3 is 0 Å². The summed E-state index contributed by atoms with van der Waals surface area (Å²) in [6, 6.07) is 3.96. The minimum atomic E-state index is -3.39. The summed E-state index contributed by atoms with van der Waals surface area (Å²) in [6.45, 7) is 3.40. The van der Waals surface area contributed by atoms with E-state index in [2.05, 4.69) is 9.88 Å². The highest BCUT2D eigenvalue weighted by atomic mass is 32.2. The number of anilines is 1. The Morgan fingerprint density at radius 1 is 1.41 bits per heavy atom. The number of nitrogens with zero attached hydrogens (tertiary/aromatic N) is 2. The van der Waals surface area contributed by atoms with Crippen LogP contribution in [0.25, 0.3) is 0 Å². The number of primary sulfonamides is 1. The summed E-state index contributed by atoms with van der Waals surface area (Å²) in [5.41, 5.74) is 1.16. The van der Waals surface area contributed by atoms with E-state index in [1.807, 2.05) is 19.1 Å². The zero-order chi connectivity index (χ0) is 12.5. The first kappa shape index (κ1) is 12.3. The molecule has 1 aliphatic heterocycles. The molecule has 1 aliphatic rings. The molecule has 17 heavy (non-hydrogen) atoms. The molecule has 1 aromatic heterocycles. The summed E-state index contributed by atoms with van der Waals surface area (Å²) in [5, 5.41) is 4.76. The van der Waals surface area contributed by atoms with Gasteiger partial charge in [0.05, 0.1) is 5.25 Å². The van der Waals surface area contributed by atoms with Crippen LogP contribution in [0.1, 0.15) is 18.4 Å². The van der Waals surface area contributed by atoms with Crippen molar-refractivity contribution in [2.24, 2.45) is 5.14 Å². The monoisotopic (exact) mass is 255 g/mol. The predicted octanol–water partition coefficient (Wildman–Crippen LogP) is 0.647. The van der Waals surface area contributed by atoms with Gasteiger partial charge in [0, 0.05) is 19.3 Å². The quantitative estimate of drug-likeness (QED) is 0.841. The van der Waals surface area contributed by atoms with E-state index in [4.69, 9.17) is 5.14 Å². The highest BCUT2D eigenvalue weighted by Gasteiger charge is 2.27. The van der Waals surface area contributed by atoms with Gasteiger partial charge in [-0.15, -0.1) is 0 Å². The topological polar surface area (TPSA) is 76.3 Å². The number of pyridine rings is 1. The molecule has 0 spiro atoms. The molecule has 2 rings (SSSR count).